The van der Waals surface area contributed by atoms with Gasteiger partial charge >= 0.3 is 6.03 Å². The minimum atomic E-state index is -0.564. The Morgan fingerprint density at radius 1 is 1.32 bits per heavy atom. The Balaban J connectivity index is 2.29. The standard InChI is InChI=1S/C15H21N3O4/c1-3-4-9-16-15(20)18-14(19)11-22-17-10-12-7-5-6-8-13(12)21-2/h5-8,10H,3-4,9,11H2,1-2H3,(H2,16,18,19,20)/b17-10-. The van der Waals surface area contributed by atoms with Crippen molar-refractivity contribution in [2.75, 3.05) is 20.3 Å². The molecule has 1 rings (SSSR count). The fourth-order valence-electron chi connectivity index (χ4n) is 1.55. The quantitative estimate of drug-likeness (QED) is 0.434. The van der Waals surface area contributed by atoms with Crippen LogP contribution in [0.5, 0.6) is 5.75 Å². The smallest absolute Gasteiger partial charge is 0.321 e. The molecule has 22 heavy (non-hydrogen) atoms. The zero-order valence-corrected chi connectivity index (χ0v) is 12.8. The highest BCUT2D eigenvalue weighted by atomic mass is 16.6. The highest BCUT2D eigenvalue weighted by Crippen LogP contribution is 2.14. The number of methoxy groups -OCH3 is 1. The lowest BCUT2D eigenvalue weighted by atomic mass is 10.2. The third kappa shape index (κ3) is 6.74. The van der Waals surface area contributed by atoms with E-state index in [1.165, 1.54) is 6.21 Å². The van der Waals surface area contributed by atoms with Crippen LogP contribution in [-0.2, 0) is 9.63 Å². The summed E-state index contributed by atoms with van der Waals surface area (Å²) in [5.74, 6) is 0.0841. The molecule has 0 spiro atoms. The van der Waals surface area contributed by atoms with E-state index in [9.17, 15) is 9.59 Å². The molecule has 0 saturated carbocycles. The summed E-state index contributed by atoms with van der Waals surface area (Å²) in [4.78, 5) is 27.6. The van der Waals surface area contributed by atoms with Gasteiger partial charge in [0, 0.05) is 12.1 Å². The zero-order valence-electron chi connectivity index (χ0n) is 12.8. The van der Waals surface area contributed by atoms with Crippen molar-refractivity contribution in [1.29, 1.82) is 0 Å². The van der Waals surface area contributed by atoms with Crippen LogP contribution in [0, 0.1) is 0 Å². The predicted octanol–water partition coefficient (Wildman–Crippen LogP) is 1.67. The van der Waals surface area contributed by atoms with Gasteiger partial charge in [0.15, 0.2) is 6.61 Å². The van der Waals surface area contributed by atoms with Crippen LogP contribution in [0.25, 0.3) is 0 Å². The largest absolute Gasteiger partial charge is 0.496 e. The molecule has 0 bridgehead atoms. The number of amides is 3. The van der Waals surface area contributed by atoms with Crippen LogP contribution in [-0.4, -0.2) is 38.4 Å². The molecular weight excluding hydrogens is 286 g/mol. The van der Waals surface area contributed by atoms with Gasteiger partial charge in [-0.25, -0.2) is 4.79 Å². The van der Waals surface area contributed by atoms with Crippen LogP contribution in [0.15, 0.2) is 29.4 Å². The van der Waals surface area contributed by atoms with E-state index in [1.807, 2.05) is 19.1 Å². The van der Waals surface area contributed by atoms with Crippen molar-refractivity contribution in [2.45, 2.75) is 19.8 Å². The van der Waals surface area contributed by atoms with E-state index in [0.717, 1.165) is 18.4 Å². The Morgan fingerprint density at radius 3 is 2.82 bits per heavy atom. The van der Waals surface area contributed by atoms with Crippen LogP contribution in [0.1, 0.15) is 25.3 Å². The minimum absolute atomic E-state index is 0.340. The van der Waals surface area contributed by atoms with E-state index in [-0.39, 0.29) is 6.61 Å². The number of oxime groups is 1. The van der Waals surface area contributed by atoms with Crippen LogP contribution >= 0.6 is 0 Å². The van der Waals surface area contributed by atoms with E-state index in [2.05, 4.69) is 15.8 Å². The van der Waals surface area contributed by atoms with Gasteiger partial charge in [-0.1, -0.05) is 30.6 Å². The number of carbonyl (C=O) groups excluding carboxylic acids is 2. The molecule has 0 aliphatic heterocycles. The van der Waals surface area contributed by atoms with Crippen molar-refractivity contribution in [1.82, 2.24) is 10.6 Å². The Labute approximate surface area is 129 Å². The first-order valence-electron chi connectivity index (χ1n) is 7.03. The normalized spacial score (nSPS) is 10.3. The van der Waals surface area contributed by atoms with Gasteiger partial charge in [0.05, 0.1) is 13.3 Å². The number of ether oxygens (including phenoxy) is 1. The van der Waals surface area contributed by atoms with Crippen LogP contribution < -0.4 is 15.4 Å². The van der Waals surface area contributed by atoms with E-state index in [1.54, 1.807) is 19.2 Å². The summed E-state index contributed by atoms with van der Waals surface area (Å²) in [6.45, 7) is 2.20. The fraction of sp³-hybridized carbons (Fsp3) is 0.400. The van der Waals surface area contributed by atoms with Crippen molar-refractivity contribution in [3.63, 3.8) is 0 Å². The third-order valence-corrected chi connectivity index (χ3v) is 2.67. The van der Waals surface area contributed by atoms with Crippen molar-refractivity contribution < 1.29 is 19.2 Å². The average molecular weight is 307 g/mol. The third-order valence-electron chi connectivity index (χ3n) is 2.67. The van der Waals surface area contributed by atoms with Crippen LogP contribution in [0.4, 0.5) is 4.79 Å². The second-order valence-corrected chi connectivity index (χ2v) is 4.41. The van der Waals surface area contributed by atoms with Gasteiger partial charge in [0.25, 0.3) is 5.91 Å². The molecule has 2 N–H and O–H groups in total. The average Bonchev–Trinajstić information content (AvgIpc) is 2.52. The van der Waals surface area contributed by atoms with Gasteiger partial charge < -0.3 is 14.9 Å². The van der Waals surface area contributed by atoms with Gasteiger partial charge in [-0.2, -0.15) is 0 Å². The lowest BCUT2D eigenvalue weighted by Crippen LogP contribution is -2.41. The first-order chi connectivity index (χ1) is 10.7. The summed E-state index contributed by atoms with van der Waals surface area (Å²) in [6.07, 6.45) is 3.27. The maximum atomic E-state index is 11.4. The summed E-state index contributed by atoms with van der Waals surface area (Å²) >= 11 is 0. The number of hydrogen-bond acceptors (Lipinski definition) is 5. The fourth-order valence-corrected chi connectivity index (χ4v) is 1.55. The van der Waals surface area contributed by atoms with Gasteiger partial charge in [-0.05, 0) is 18.6 Å². The summed E-state index contributed by atoms with van der Waals surface area (Å²) in [5.41, 5.74) is 0.725. The zero-order chi connectivity index (χ0) is 16.2. The molecule has 7 nitrogen and oxygen atoms in total. The second kappa shape index (κ2) is 10.2. The molecule has 0 radical (unpaired) electrons. The number of benzene rings is 1. The Bertz CT molecular complexity index is 517. The van der Waals surface area contributed by atoms with E-state index < -0.39 is 11.9 Å². The maximum Gasteiger partial charge on any atom is 0.321 e. The van der Waals surface area contributed by atoms with Crippen molar-refractivity contribution in [2.24, 2.45) is 5.16 Å². The van der Waals surface area contributed by atoms with Gasteiger partial charge in [0.2, 0.25) is 0 Å². The molecule has 0 fully saturated rings. The lowest BCUT2D eigenvalue weighted by molar-refractivity contribution is -0.124. The molecule has 1 aromatic carbocycles. The van der Waals surface area contributed by atoms with Crippen LogP contribution in [0.3, 0.4) is 0 Å². The molecule has 0 atom stereocenters. The first kappa shape index (κ1) is 17.5. The Kier molecular flexibility index (Phi) is 8.10. The summed E-state index contributed by atoms with van der Waals surface area (Å²) in [6, 6.07) is 6.72. The molecule has 0 aromatic heterocycles. The number of para-hydroxylation sites is 1. The highest BCUT2D eigenvalue weighted by Gasteiger charge is 2.07. The van der Waals surface area contributed by atoms with Crippen molar-refractivity contribution >= 4 is 18.2 Å². The highest BCUT2D eigenvalue weighted by molar-refractivity contribution is 5.94. The molecule has 120 valence electrons. The number of nitrogens with zero attached hydrogens (tertiary/aromatic N) is 1. The van der Waals surface area contributed by atoms with E-state index >= 15 is 0 Å². The Morgan fingerprint density at radius 2 is 2.09 bits per heavy atom. The van der Waals surface area contributed by atoms with Gasteiger partial charge in [0.1, 0.15) is 5.75 Å². The molecule has 1 aromatic rings. The number of unbranched alkanes of at least 4 members (excludes halogenated alkanes) is 1. The van der Waals surface area contributed by atoms with Gasteiger partial charge in [-0.3, -0.25) is 10.1 Å². The number of urea groups is 1. The molecule has 0 aliphatic carbocycles. The van der Waals surface area contributed by atoms with Gasteiger partial charge in [-0.15, -0.1) is 0 Å². The molecule has 3 amide bonds. The van der Waals surface area contributed by atoms with Crippen molar-refractivity contribution in [3.8, 4) is 5.75 Å². The predicted molar refractivity (Wildman–Crippen MR) is 83.0 cm³/mol. The molecule has 0 heterocycles. The van der Waals surface area contributed by atoms with Crippen molar-refractivity contribution in [3.05, 3.63) is 29.8 Å². The maximum absolute atomic E-state index is 11.4. The van der Waals surface area contributed by atoms with Crippen LogP contribution in [0.2, 0.25) is 0 Å². The van der Waals surface area contributed by atoms with E-state index in [4.69, 9.17) is 9.57 Å². The molecular formula is C15H21N3O4. The first-order valence-corrected chi connectivity index (χ1v) is 7.03. The number of hydrogen-bond donors (Lipinski definition) is 2. The molecule has 7 heteroatoms. The molecule has 0 unspecified atom stereocenters. The minimum Gasteiger partial charge on any atom is -0.496 e. The summed E-state index contributed by atoms with van der Waals surface area (Å²) < 4.78 is 5.14. The molecule has 0 saturated heterocycles. The summed E-state index contributed by atoms with van der Waals surface area (Å²) in [7, 11) is 1.55. The number of nitrogens with one attached hydrogen (secondary N) is 2. The number of imide groups is 1. The topological polar surface area (TPSA) is 89.0 Å². The summed E-state index contributed by atoms with van der Waals surface area (Å²) in [5, 5.41) is 8.39. The lowest BCUT2D eigenvalue weighted by Gasteiger charge is -2.05. The Hall–Kier alpha value is -2.57. The second-order valence-electron chi connectivity index (χ2n) is 4.41. The molecule has 0 aliphatic rings. The SMILES string of the molecule is CCCCNC(=O)NC(=O)CO/N=C\c1ccccc1OC. The number of carbonyl (C=O) groups is 2. The monoisotopic (exact) mass is 307 g/mol. The number of rotatable bonds is 8. The van der Waals surface area contributed by atoms with E-state index in [0.29, 0.717) is 12.3 Å².